The summed E-state index contributed by atoms with van der Waals surface area (Å²) in [5.41, 5.74) is -3.04. The molecular weight excluding hydrogens is 416 g/mol. The molecule has 32 heavy (non-hydrogen) atoms. The minimum Gasteiger partial charge on any atom is -0.495 e. The number of hydrogen-bond acceptors (Lipinski definition) is 8. The Balaban J connectivity index is 1.72. The number of aliphatic hydroxyl groups excluding tert-OH is 1. The van der Waals surface area contributed by atoms with Crippen LogP contribution in [0.4, 0.5) is 0 Å². The first-order valence-electron chi connectivity index (χ1n) is 10.5. The Labute approximate surface area is 185 Å². The summed E-state index contributed by atoms with van der Waals surface area (Å²) in [6.45, 7) is 1.30. The number of carbonyl (C=O) groups is 1. The van der Waals surface area contributed by atoms with Crippen molar-refractivity contribution >= 4 is 5.97 Å². The average molecular weight is 442 g/mol. The van der Waals surface area contributed by atoms with Crippen molar-refractivity contribution in [2.24, 2.45) is 5.92 Å². The van der Waals surface area contributed by atoms with Crippen LogP contribution in [-0.4, -0.2) is 83.3 Å². The molecule has 9 nitrogen and oxygen atoms in total. The molecule has 2 fully saturated rings. The van der Waals surface area contributed by atoms with Crippen LogP contribution in [0.25, 0.3) is 0 Å². The lowest BCUT2D eigenvalue weighted by Crippen LogP contribution is -2.56. The topological polar surface area (TPSA) is 122 Å². The van der Waals surface area contributed by atoms with Crippen molar-refractivity contribution in [1.29, 1.82) is 0 Å². The fraction of sp³-hybridized carbons (Fsp3) is 0.478. The highest BCUT2D eigenvalue weighted by molar-refractivity contribution is 5.85. The van der Waals surface area contributed by atoms with Gasteiger partial charge in [-0.15, -0.1) is 0 Å². The van der Waals surface area contributed by atoms with E-state index in [1.54, 1.807) is 30.3 Å². The molecule has 1 aliphatic carbocycles. The van der Waals surface area contributed by atoms with Gasteiger partial charge in [0.2, 0.25) is 0 Å². The number of rotatable bonds is 6. The highest BCUT2D eigenvalue weighted by Gasteiger charge is 2.76. The third-order valence-corrected chi connectivity index (χ3v) is 7.31. The zero-order valence-corrected chi connectivity index (χ0v) is 17.8. The summed E-state index contributed by atoms with van der Waals surface area (Å²) in [6.07, 6.45) is 0.107. The lowest BCUT2D eigenvalue weighted by atomic mass is 9.69. The third-order valence-electron chi connectivity index (χ3n) is 7.31. The van der Waals surface area contributed by atoms with E-state index in [0.717, 1.165) is 0 Å². The number of methoxy groups -OCH3 is 1. The van der Waals surface area contributed by atoms with Gasteiger partial charge in [-0.3, -0.25) is 14.7 Å². The molecular formula is C23H26N2O7. The summed E-state index contributed by atoms with van der Waals surface area (Å²) in [6, 6.07) is 8.80. The Morgan fingerprint density at radius 1 is 1.28 bits per heavy atom. The molecule has 9 heteroatoms. The Morgan fingerprint density at radius 3 is 2.59 bits per heavy atom. The standard InChI is InChI=1S/C23H26N2O7/c1-25(14-11-31-12-14)10-15-19(26)23(29)18-16(30-2)8-24-9-17(18)32-20(23)22(15,21(27)28)13-6-4-3-5-7-13/h3-9,14-15,19-20,26,29H,10-12H2,1-2H3,(H,27,28)/t15-,19+,20+,22?,23-/m0/s1. The Morgan fingerprint density at radius 2 is 2.00 bits per heavy atom. The van der Waals surface area contributed by atoms with Crippen LogP contribution >= 0.6 is 0 Å². The van der Waals surface area contributed by atoms with Gasteiger partial charge in [-0.25, -0.2) is 0 Å². The van der Waals surface area contributed by atoms with Gasteiger partial charge in [-0.1, -0.05) is 30.3 Å². The van der Waals surface area contributed by atoms with E-state index in [1.807, 2.05) is 11.9 Å². The molecule has 1 saturated heterocycles. The fourth-order valence-corrected chi connectivity index (χ4v) is 5.56. The van der Waals surface area contributed by atoms with Crippen LogP contribution in [0.5, 0.6) is 11.5 Å². The number of carboxylic acids is 1. The quantitative estimate of drug-likeness (QED) is 0.583. The van der Waals surface area contributed by atoms with Crippen molar-refractivity contribution in [2.75, 3.05) is 33.9 Å². The van der Waals surface area contributed by atoms with Crippen molar-refractivity contribution in [2.45, 2.75) is 29.3 Å². The van der Waals surface area contributed by atoms with E-state index >= 15 is 0 Å². The molecule has 2 aromatic rings. The van der Waals surface area contributed by atoms with Crippen LogP contribution in [0.2, 0.25) is 0 Å². The largest absolute Gasteiger partial charge is 0.495 e. The van der Waals surface area contributed by atoms with Gasteiger partial charge in [0.15, 0.2) is 11.7 Å². The summed E-state index contributed by atoms with van der Waals surface area (Å²) < 4.78 is 16.8. The lowest BCUT2D eigenvalue weighted by molar-refractivity contribution is -0.152. The van der Waals surface area contributed by atoms with Crippen molar-refractivity contribution in [3.8, 4) is 11.5 Å². The maximum Gasteiger partial charge on any atom is 0.318 e. The molecule has 3 N–H and O–H groups in total. The molecule has 5 rings (SSSR count). The summed E-state index contributed by atoms with van der Waals surface area (Å²) in [5, 5.41) is 34.3. The number of nitrogens with zero attached hydrogens (tertiary/aromatic N) is 2. The molecule has 1 aromatic carbocycles. The predicted octanol–water partition coefficient (Wildman–Crippen LogP) is 0.383. The number of carboxylic acid groups (broad SMARTS) is 1. The molecule has 2 aliphatic heterocycles. The van der Waals surface area contributed by atoms with E-state index in [1.165, 1.54) is 19.5 Å². The molecule has 1 unspecified atom stereocenters. The number of pyridine rings is 1. The van der Waals surface area contributed by atoms with E-state index in [9.17, 15) is 20.1 Å². The van der Waals surface area contributed by atoms with E-state index < -0.39 is 35.1 Å². The van der Waals surface area contributed by atoms with Gasteiger partial charge in [0.25, 0.3) is 0 Å². The second kappa shape index (κ2) is 7.41. The number of ether oxygens (including phenoxy) is 3. The highest BCUT2D eigenvalue weighted by atomic mass is 16.5. The minimum atomic E-state index is -2.00. The number of benzene rings is 1. The van der Waals surface area contributed by atoms with Gasteiger partial charge < -0.3 is 29.5 Å². The van der Waals surface area contributed by atoms with Gasteiger partial charge in [-0.2, -0.15) is 0 Å². The summed E-state index contributed by atoms with van der Waals surface area (Å²) in [5.74, 6) is -1.61. The number of likely N-dealkylation sites (N-methyl/N-ethyl adjacent to an activating group) is 1. The third kappa shape index (κ3) is 2.59. The molecule has 0 spiro atoms. The molecule has 0 radical (unpaired) electrons. The zero-order chi connectivity index (χ0) is 22.7. The second-order valence-corrected chi connectivity index (χ2v) is 8.76. The Hall–Kier alpha value is -2.72. The monoisotopic (exact) mass is 442 g/mol. The van der Waals surface area contributed by atoms with Crippen LogP contribution in [0.1, 0.15) is 11.1 Å². The van der Waals surface area contributed by atoms with E-state index in [-0.39, 0.29) is 29.6 Å². The smallest absolute Gasteiger partial charge is 0.318 e. The molecule has 0 bridgehead atoms. The second-order valence-electron chi connectivity index (χ2n) is 8.76. The Bertz CT molecular complexity index is 1030. The SMILES string of the molecule is COc1cncc2c1[C@]1(O)[C@H](O)[C@H](CN(C)C3COC3)C(C(=O)O)(c3ccccc3)[C@H]1O2. The summed E-state index contributed by atoms with van der Waals surface area (Å²) >= 11 is 0. The predicted molar refractivity (Wildman–Crippen MR) is 112 cm³/mol. The van der Waals surface area contributed by atoms with E-state index in [4.69, 9.17) is 14.2 Å². The highest BCUT2D eigenvalue weighted by Crippen LogP contribution is 2.62. The molecule has 5 atom stereocenters. The number of aliphatic hydroxyl groups is 2. The number of aromatic nitrogens is 1. The summed E-state index contributed by atoms with van der Waals surface area (Å²) in [7, 11) is 3.30. The molecule has 1 saturated carbocycles. The van der Waals surface area contributed by atoms with Crippen LogP contribution < -0.4 is 9.47 Å². The van der Waals surface area contributed by atoms with Gasteiger partial charge in [0.1, 0.15) is 16.9 Å². The Kier molecular flexibility index (Phi) is 4.90. The van der Waals surface area contributed by atoms with Gasteiger partial charge in [-0.05, 0) is 12.6 Å². The number of aliphatic carboxylic acids is 1. The van der Waals surface area contributed by atoms with Crippen molar-refractivity contribution in [3.63, 3.8) is 0 Å². The zero-order valence-electron chi connectivity index (χ0n) is 17.8. The number of hydrogen-bond donors (Lipinski definition) is 3. The first kappa shape index (κ1) is 21.1. The van der Waals surface area contributed by atoms with E-state index in [0.29, 0.717) is 18.8 Å². The maximum absolute atomic E-state index is 13.1. The summed E-state index contributed by atoms with van der Waals surface area (Å²) in [4.78, 5) is 19.2. The lowest BCUT2D eigenvalue weighted by Gasteiger charge is -2.41. The fourth-order valence-electron chi connectivity index (χ4n) is 5.56. The normalized spacial score (nSPS) is 33.3. The van der Waals surface area contributed by atoms with Crippen molar-refractivity contribution < 1.29 is 34.3 Å². The van der Waals surface area contributed by atoms with Crippen LogP contribution in [0.3, 0.4) is 0 Å². The van der Waals surface area contributed by atoms with Crippen molar-refractivity contribution in [1.82, 2.24) is 9.88 Å². The van der Waals surface area contributed by atoms with Gasteiger partial charge in [0, 0.05) is 12.5 Å². The first-order valence-corrected chi connectivity index (χ1v) is 10.5. The molecule has 3 heterocycles. The first-order chi connectivity index (χ1) is 15.4. The molecule has 1 aromatic heterocycles. The van der Waals surface area contributed by atoms with Gasteiger partial charge in [0.05, 0.1) is 50.4 Å². The van der Waals surface area contributed by atoms with Crippen LogP contribution in [0, 0.1) is 5.92 Å². The molecule has 3 aliphatic rings. The van der Waals surface area contributed by atoms with E-state index in [2.05, 4.69) is 4.98 Å². The number of fused-ring (bicyclic) bond motifs is 3. The minimum absolute atomic E-state index is 0.117. The molecule has 0 amide bonds. The maximum atomic E-state index is 13.1. The molecule has 170 valence electrons. The van der Waals surface area contributed by atoms with Crippen molar-refractivity contribution in [3.05, 3.63) is 53.9 Å². The van der Waals surface area contributed by atoms with Crippen LogP contribution in [0.15, 0.2) is 42.7 Å². The average Bonchev–Trinajstić information content (AvgIpc) is 3.15. The van der Waals surface area contributed by atoms with Gasteiger partial charge >= 0.3 is 5.97 Å². The van der Waals surface area contributed by atoms with Crippen LogP contribution in [-0.2, 0) is 20.5 Å².